The number of hydrogen-bond acceptors (Lipinski definition) is 4. The van der Waals surface area contributed by atoms with Gasteiger partial charge in [-0.05, 0) is 10.4 Å². The van der Waals surface area contributed by atoms with Gasteiger partial charge in [0.2, 0.25) is 12.8 Å². The minimum absolute atomic E-state index is 0.474. The molecule has 56 valence electrons. The van der Waals surface area contributed by atoms with Crippen molar-refractivity contribution in [3.05, 3.63) is 0 Å². The predicted octanol–water partition coefficient (Wildman–Crippen LogP) is -0.555. The molecule has 2 amide bonds. The molecule has 0 unspecified atom stereocenters. The van der Waals surface area contributed by atoms with E-state index in [0.29, 0.717) is 12.8 Å². The van der Waals surface area contributed by atoms with Gasteiger partial charge >= 0.3 is 0 Å². The molecule has 0 saturated carbocycles. The van der Waals surface area contributed by atoms with Crippen LogP contribution in [0.5, 0.6) is 0 Å². The van der Waals surface area contributed by atoms with Crippen molar-refractivity contribution in [2.24, 2.45) is 10.4 Å². The van der Waals surface area contributed by atoms with E-state index >= 15 is 0 Å². The summed E-state index contributed by atoms with van der Waals surface area (Å²) in [6.45, 7) is 0. The fourth-order valence-electron chi connectivity index (χ4n) is 0.168. The van der Waals surface area contributed by atoms with Crippen molar-refractivity contribution in [1.29, 1.82) is 0 Å². The van der Waals surface area contributed by atoms with Crippen molar-refractivity contribution in [3.8, 4) is 0 Å². The van der Waals surface area contributed by atoms with Crippen molar-refractivity contribution in [2.75, 3.05) is 14.1 Å². The molecule has 0 radical (unpaired) electrons. The minimum atomic E-state index is 0.474. The Morgan fingerprint density at radius 1 is 1.00 bits per heavy atom. The summed E-state index contributed by atoms with van der Waals surface area (Å²) in [4.78, 5) is 19.7. The normalized spacial score (nSPS) is 9.40. The minimum Gasteiger partial charge on any atom is -0.277 e. The highest BCUT2D eigenvalue weighted by Gasteiger charge is 1.87. The molecule has 0 atom stereocenters. The van der Waals surface area contributed by atoms with Crippen molar-refractivity contribution >= 4 is 12.8 Å². The van der Waals surface area contributed by atoms with Crippen LogP contribution in [0.1, 0.15) is 0 Å². The summed E-state index contributed by atoms with van der Waals surface area (Å²) in [5, 5.41) is 8.49. The third-order valence-electron chi connectivity index (χ3n) is 0.627. The lowest BCUT2D eigenvalue weighted by atomic mass is 11.1. The first-order valence-electron chi connectivity index (χ1n) is 2.48. The van der Waals surface area contributed by atoms with Crippen LogP contribution < -0.4 is 0 Å². The Bertz CT molecular complexity index is 130. The van der Waals surface area contributed by atoms with Crippen molar-refractivity contribution < 1.29 is 9.59 Å². The lowest BCUT2D eigenvalue weighted by Gasteiger charge is -2.01. The average Bonchev–Trinajstić information content (AvgIpc) is 1.99. The molecule has 10 heavy (non-hydrogen) atoms. The van der Waals surface area contributed by atoms with Crippen LogP contribution in [0.3, 0.4) is 0 Å². The molecule has 0 aromatic rings. The zero-order valence-corrected chi connectivity index (χ0v) is 5.76. The van der Waals surface area contributed by atoms with Crippen LogP contribution in [0.15, 0.2) is 10.4 Å². The topological polar surface area (TPSA) is 65.3 Å². The molecule has 6 nitrogen and oxygen atoms in total. The predicted molar refractivity (Wildman–Crippen MR) is 32.5 cm³/mol. The van der Waals surface area contributed by atoms with Crippen molar-refractivity contribution in [2.45, 2.75) is 0 Å². The zero-order valence-electron chi connectivity index (χ0n) is 5.76. The summed E-state index contributed by atoms with van der Waals surface area (Å²) in [5.41, 5.74) is 0. The molecular weight excluding hydrogens is 136 g/mol. The molecule has 0 spiro atoms. The number of amides is 2. The monoisotopic (exact) mass is 144 g/mol. The van der Waals surface area contributed by atoms with Gasteiger partial charge in [0.1, 0.15) is 0 Å². The van der Waals surface area contributed by atoms with Crippen LogP contribution in [0, 0.1) is 0 Å². The molecule has 6 heteroatoms. The second-order valence-corrected chi connectivity index (χ2v) is 1.54. The van der Waals surface area contributed by atoms with Gasteiger partial charge in [-0.2, -0.15) is 0 Å². The SMILES string of the molecule is CN(C=O)/N=N/N(C)C=O. The van der Waals surface area contributed by atoms with Gasteiger partial charge in [-0.1, -0.05) is 0 Å². The highest BCUT2D eigenvalue weighted by Crippen LogP contribution is 1.82. The van der Waals surface area contributed by atoms with E-state index in [9.17, 15) is 9.59 Å². The molecular formula is C4H8N4O2. The van der Waals surface area contributed by atoms with Gasteiger partial charge in [0.05, 0.1) is 0 Å². The van der Waals surface area contributed by atoms with Gasteiger partial charge in [-0.15, -0.1) is 0 Å². The molecule has 0 aliphatic heterocycles. The lowest BCUT2D eigenvalue weighted by Crippen LogP contribution is -2.11. The summed E-state index contributed by atoms with van der Waals surface area (Å²) < 4.78 is 0. The molecule has 0 aliphatic rings. The largest absolute Gasteiger partial charge is 0.277 e. The third-order valence-corrected chi connectivity index (χ3v) is 0.627. The Balaban J connectivity index is 3.73. The smallest absolute Gasteiger partial charge is 0.231 e. The van der Waals surface area contributed by atoms with Crippen molar-refractivity contribution in [3.63, 3.8) is 0 Å². The lowest BCUT2D eigenvalue weighted by molar-refractivity contribution is -0.120. The summed E-state index contributed by atoms with van der Waals surface area (Å²) in [6.07, 6.45) is 0.949. The Kier molecular flexibility index (Phi) is 3.78. The Hall–Kier alpha value is -1.46. The first kappa shape index (κ1) is 8.54. The van der Waals surface area contributed by atoms with E-state index in [4.69, 9.17) is 0 Å². The molecule has 0 N–H and O–H groups in total. The van der Waals surface area contributed by atoms with Crippen LogP contribution in [-0.4, -0.2) is 36.9 Å². The first-order valence-corrected chi connectivity index (χ1v) is 2.48. The second-order valence-electron chi connectivity index (χ2n) is 1.54. The second kappa shape index (κ2) is 4.42. The summed E-state index contributed by atoms with van der Waals surface area (Å²) in [6, 6.07) is 0. The molecule has 0 saturated heterocycles. The highest BCUT2D eigenvalue weighted by molar-refractivity contribution is 5.46. The van der Waals surface area contributed by atoms with Crippen molar-refractivity contribution in [1.82, 2.24) is 10.0 Å². The maximum absolute atomic E-state index is 9.87. The number of hydrogen-bond donors (Lipinski definition) is 0. The standard InChI is InChI=1S/C4H8N4O2/c1-7(3-9)5-6-8(2)4-10/h3-4H,1-2H3/b6-5+. The van der Waals surface area contributed by atoms with Gasteiger partial charge in [-0.25, -0.2) is 10.0 Å². The maximum Gasteiger partial charge on any atom is 0.231 e. The van der Waals surface area contributed by atoms with Crippen LogP contribution >= 0.6 is 0 Å². The zero-order chi connectivity index (χ0) is 7.98. The van der Waals surface area contributed by atoms with Gasteiger partial charge in [0.15, 0.2) is 0 Å². The van der Waals surface area contributed by atoms with E-state index in [1.807, 2.05) is 0 Å². The number of nitrogens with zero attached hydrogens (tertiary/aromatic N) is 4. The Labute approximate surface area is 58.1 Å². The summed E-state index contributed by atoms with van der Waals surface area (Å²) >= 11 is 0. The summed E-state index contributed by atoms with van der Waals surface area (Å²) in [5.74, 6) is 0. The number of rotatable bonds is 4. The number of carbonyl (C=O) groups is 2. The highest BCUT2D eigenvalue weighted by atomic mass is 16.2. The molecule has 0 heterocycles. The van der Waals surface area contributed by atoms with E-state index in [2.05, 4.69) is 10.4 Å². The van der Waals surface area contributed by atoms with E-state index in [-0.39, 0.29) is 0 Å². The fraction of sp³-hybridized carbons (Fsp3) is 0.500. The summed E-state index contributed by atoms with van der Waals surface area (Å²) in [7, 11) is 2.82. The molecule has 0 fully saturated rings. The fourth-order valence-corrected chi connectivity index (χ4v) is 0.168. The average molecular weight is 144 g/mol. The van der Waals surface area contributed by atoms with E-state index in [0.717, 1.165) is 10.0 Å². The van der Waals surface area contributed by atoms with Crippen LogP contribution in [-0.2, 0) is 9.59 Å². The van der Waals surface area contributed by atoms with E-state index < -0.39 is 0 Å². The van der Waals surface area contributed by atoms with E-state index in [1.54, 1.807) is 0 Å². The third kappa shape index (κ3) is 3.53. The van der Waals surface area contributed by atoms with Crippen LogP contribution in [0.25, 0.3) is 0 Å². The number of carbonyl (C=O) groups excluding carboxylic acids is 2. The first-order chi connectivity index (χ1) is 4.70. The van der Waals surface area contributed by atoms with Gasteiger partial charge in [-0.3, -0.25) is 9.59 Å². The maximum atomic E-state index is 9.87. The van der Waals surface area contributed by atoms with Crippen LogP contribution in [0.2, 0.25) is 0 Å². The Morgan fingerprint density at radius 2 is 1.30 bits per heavy atom. The molecule has 0 aliphatic carbocycles. The molecule has 0 bridgehead atoms. The van der Waals surface area contributed by atoms with Gasteiger partial charge in [0, 0.05) is 14.1 Å². The van der Waals surface area contributed by atoms with Gasteiger partial charge in [0.25, 0.3) is 0 Å². The Morgan fingerprint density at radius 3 is 1.50 bits per heavy atom. The van der Waals surface area contributed by atoms with Crippen LogP contribution in [0.4, 0.5) is 0 Å². The molecule has 0 aromatic carbocycles. The quantitative estimate of drug-likeness (QED) is 0.301. The molecule has 0 rings (SSSR count). The molecule has 0 aromatic heterocycles. The van der Waals surface area contributed by atoms with Gasteiger partial charge < -0.3 is 0 Å². The van der Waals surface area contributed by atoms with E-state index in [1.165, 1.54) is 14.1 Å².